The number of amidine groups is 1. The molecule has 1 aliphatic rings. The summed E-state index contributed by atoms with van der Waals surface area (Å²) in [6, 6.07) is 9.09. The van der Waals surface area contributed by atoms with Crippen LogP contribution in [0.2, 0.25) is 0 Å². The highest BCUT2D eigenvalue weighted by Crippen LogP contribution is 2.32. The summed E-state index contributed by atoms with van der Waals surface area (Å²) in [5.74, 6) is 0.373. The molecular weight excluding hydrogens is 228 g/mol. The molecule has 1 fully saturated rings. The van der Waals surface area contributed by atoms with Gasteiger partial charge in [0.25, 0.3) is 0 Å². The van der Waals surface area contributed by atoms with Crippen LogP contribution in [0.15, 0.2) is 30.3 Å². The van der Waals surface area contributed by atoms with Gasteiger partial charge in [-0.25, -0.2) is 4.79 Å². The molecule has 1 aliphatic carbocycles. The number of benzene rings is 1. The van der Waals surface area contributed by atoms with Crippen molar-refractivity contribution in [3.8, 4) is 0 Å². The Bertz CT molecular complexity index is 428. The van der Waals surface area contributed by atoms with Crippen LogP contribution >= 0.6 is 0 Å². The molecule has 96 valence electrons. The lowest BCUT2D eigenvalue weighted by Crippen LogP contribution is -2.49. The van der Waals surface area contributed by atoms with Gasteiger partial charge in [0.05, 0.1) is 6.04 Å². The van der Waals surface area contributed by atoms with Gasteiger partial charge in [0.1, 0.15) is 5.84 Å². The number of urea groups is 1. The number of amides is 2. The lowest BCUT2D eigenvalue weighted by molar-refractivity contribution is 0.238. The summed E-state index contributed by atoms with van der Waals surface area (Å²) in [5, 5.41) is 13.0. The fraction of sp³-hybridized carbons (Fsp3) is 0.385. The minimum atomic E-state index is -0.319. The molecule has 18 heavy (non-hydrogen) atoms. The lowest BCUT2D eigenvalue weighted by atomic mass is 10.2. The van der Waals surface area contributed by atoms with Crippen LogP contribution in [0.5, 0.6) is 0 Å². The first-order chi connectivity index (χ1) is 8.66. The van der Waals surface area contributed by atoms with Crippen LogP contribution in [0.3, 0.4) is 0 Å². The van der Waals surface area contributed by atoms with Crippen LogP contribution in [0.25, 0.3) is 0 Å². The number of rotatable bonds is 5. The van der Waals surface area contributed by atoms with Crippen molar-refractivity contribution in [1.82, 2.24) is 10.6 Å². The van der Waals surface area contributed by atoms with Crippen LogP contribution in [0.4, 0.5) is 4.79 Å². The van der Waals surface area contributed by atoms with E-state index in [9.17, 15) is 4.79 Å². The molecule has 0 saturated heterocycles. The van der Waals surface area contributed by atoms with Crippen molar-refractivity contribution >= 4 is 11.9 Å². The number of carbonyl (C=O) groups is 1. The Balaban J connectivity index is 1.79. The molecule has 1 atom stereocenters. The smallest absolute Gasteiger partial charge is 0.315 e. The number of hydrogen-bond donors (Lipinski definition) is 4. The summed E-state index contributed by atoms with van der Waals surface area (Å²) < 4.78 is 0. The van der Waals surface area contributed by atoms with Crippen LogP contribution in [0, 0.1) is 11.3 Å². The Morgan fingerprint density at radius 2 is 2.06 bits per heavy atom. The average molecular weight is 246 g/mol. The highest BCUT2D eigenvalue weighted by Gasteiger charge is 2.34. The second-order valence-corrected chi connectivity index (χ2v) is 4.58. The molecule has 0 aromatic heterocycles. The molecule has 0 heterocycles. The predicted molar refractivity (Wildman–Crippen MR) is 70.2 cm³/mol. The molecule has 2 amide bonds. The Kier molecular flexibility index (Phi) is 3.82. The van der Waals surface area contributed by atoms with Crippen molar-refractivity contribution in [3.05, 3.63) is 35.9 Å². The average Bonchev–Trinajstić information content (AvgIpc) is 3.18. The van der Waals surface area contributed by atoms with Crippen molar-refractivity contribution in [2.24, 2.45) is 11.7 Å². The zero-order valence-electron chi connectivity index (χ0n) is 10.1. The summed E-state index contributed by atoms with van der Waals surface area (Å²) in [6.07, 6.45) is 2.06. The molecule has 0 aliphatic heterocycles. The third-order valence-corrected chi connectivity index (χ3v) is 3.01. The SMILES string of the molecule is N=C(N)C(NC(=O)NCc1ccccc1)C1CC1. The summed E-state index contributed by atoms with van der Waals surface area (Å²) in [7, 11) is 0. The van der Waals surface area contributed by atoms with Crippen molar-refractivity contribution < 1.29 is 4.79 Å². The molecule has 2 rings (SSSR count). The maximum atomic E-state index is 11.7. The zero-order valence-corrected chi connectivity index (χ0v) is 10.1. The second-order valence-electron chi connectivity index (χ2n) is 4.58. The molecule has 1 unspecified atom stereocenters. The van der Waals surface area contributed by atoms with E-state index in [2.05, 4.69) is 10.6 Å². The first-order valence-corrected chi connectivity index (χ1v) is 6.09. The van der Waals surface area contributed by atoms with Crippen LogP contribution in [0.1, 0.15) is 18.4 Å². The van der Waals surface area contributed by atoms with Gasteiger partial charge in [-0.2, -0.15) is 0 Å². The van der Waals surface area contributed by atoms with Gasteiger partial charge in [-0.3, -0.25) is 5.41 Å². The van der Waals surface area contributed by atoms with Gasteiger partial charge in [0.2, 0.25) is 0 Å². The number of carbonyl (C=O) groups excluding carboxylic acids is 1. The van der Waals surface area contributed by atoms with Crippen LogP contribution in [-0.2, 0) is 6.54 Å². The van der Waals surface area contributed by atoms with Crippen molar-refractivity contribution in [3.63, 3.8) is 0 Å². The second kappa shape index (κ2) is 5.53. The minimum absolute atomic E-state index is 0.0346. The minimum Gasteiger partial charge on any atom is -0.386 e. The number of hydrogen-bond acceptors (Lipinski definition) is 2. The van der Waals surface area contributed by atoms with Crippen molar-refractivity contribution in [2.45, 2.75) is 25.4 Å². The molecule has 0 radical (unpaired) electrons. The van der Waals surface area contributed by atoms with Crippen molar-refractivity contribution in [1.29, 1.82) is 5.41 Å². The number of nitrogens with two attached hydrogens (primary N) is 1. The van der Waals surface area contributed by atoms with E-state index in [1.165, 1.54) is 0 Å². The van der Waals surface area contributed by atoms with E-state index in [4.69, 9.17) is 11.1 Å². The zero-order chi connectivity index (χ0) is 13.0. The van der Waals surface area contributed by atoms with E-state index >= 15 is 0 Å². The first-order valence-electron chi connectivity index (χ1n) is 6.09. The van der Waals surface area contributed by atoms with Crippen molar-refractivity contribution in [2.75, 3.05) is 0 Å². The van der Waals surface area contributed by atoms with Gasteiger partial charge >= 0.3 is 6.03 Å². The van der Waals surface area contributed by atoms with Gasteiger partial charge in [0.15, 0.2) is 0 Å². The molecule has 5 nitrogen and oxygen atoms in total. The highest BCUT2D eigenvalue weighted by molar-refractivity contribution is 5.88. The lowest BCUT2D eigenvalue weighted by Gasteiger charge is -2.17. The summed E-state index contributed by atoms with van der Waals surface area (Å²) in [4.78, 5) is 11.7. The molecule has 1 saturated carbocycles. The number of nitrogens with one attached hydrogen (secondary N) is 3. The normalized spacial score (nSPS) is 15.8. The van der Waals surface area contributed by atoms with E-state index in [-0.39, 0.29) is 17.9 Å². The van der Waals surface area contributed by atoms with Crippen LogP contribution < -0.4 is 16.4 Å². The quantitative estimate of drug-likeness (QED) is 0.464. The Morgan fingerprint density at radius 1 is 1.39 bits per heavy atom. The molecule has 1 aromatic carbocycles. The molecule has 1 aromatic rings. The van der Waals surface area contributed by atoms with E-state index < -0.39 is 0 Å². The molecule has 0 spiro atoms. The van der Waals surface area contributed by atoms with Crippen LogP contribution in [-0.4, -0.2) is 17.9 Å². The molecular formula is C13H18N4O. The summed E-state index contributed by atoms with van der Waals surface area (Å²) >= 11 is 0. The first kappa shape index (κ1) is 12.4. The van der Waals surface area contributed by atoms with Gasteiger partial charge in [-0.1, -0.05) is 30.3 Å². The third-order valence-electron chi connectivity index (χ3n) is 3.01. The maximum Gasteiger partial charge on any atom is 0.315 e. The Morgan fingerprint density at radius 3 is 2.61 bits per heavy atom. The van der Waals surface area contributed by atoms with Gasteiger partial charge in [0, 0.05) is 6.54 Å². The topological polar surface area (TPSA) is 91.0 Å². The van der Waals surface area contributed by atoms with E-state index in [1.54, 1.807) is 0 Å². The van der Waals surface area contributed by atoms with Gasteiger partial charge in [-0.05, 0) is 24.3 Å². The highest BCUT2D eigenvalue weighted by atomic mass is 16.2. The monoisotopic (exact) mass is 246 g/mol. The summed E-state index contributed by atoms with van der Waals surface area (Å²) in [5.41, 5.74) is 6.51. The largest absolute Gasteiger partial charge is 0.386 e. The van der Waals surface area contributed by atoms with Gasteiger partial charge in [-0.15, -0.1) is 0 Å². The van der Waals surface area contributed by atoms with E-state index in [0.717, 1.165) is 18.4 Å². The molecule has 5 N–H and O–H groups in total. The summed E-state index contributed by atoms with van der Waals surface area (Å²) in [6.45, 7) is 0.474. The molecule has 5 heteroatoms. The standard InChI is InChI=1S/C13H18N4O/c14-12(15)11(10-6-7-10)17-13(18)16-8-9-4-2-1-3-5-9/h1-5,10-11H,6-8H2,(H3,14,15)(H2,16,17,18). The fourth-order valence-electron chi connectivity index (χ4n) is 1.85. The predicted octanol–water partition coefficient (Wildman–Crippen LogP) is 1.20. The maximum absolute atomic E-state index is 11.7. The Hall–Kier alpha value is -2.04. The van der Waals surface area contributed by atoms with Gasteiger partial charge < -0.3 is 16.4 Å². The van der Waals surface area contributed by atoms with E-state index in [0.29, 0.717) is 12.5 Å². The Labute approximate surface area is 106 Å². The third kappa shape index (κ3) is 3.48. The fourth-order valence-corrected chi connectivity index (χ4v) is 1.85. The molecule has 0 bridgehead atoms. The van der Waals surface area contributed by atoms with E-state index in [1.807, 2.05) is 30.3 Å².